The van der Waals surface area contributed by atoms with Crippen LogP contribution in [0, 0.1) is 0 Å². The first kappa shape index (κ1) is 18.2. The summed E-state index contributed by atoms with van der Waals surface area (Å²) in [5.41, 5.74) is -0.331. The normalized spacial score (nSPS) is 13.4. The minimum absolute atomic E-state index is 0.00291. The topological polar surface area (TPSA) is 117 Å². The second-order valence-corrected chi connectivity index (χ2v) is 7.69. The molecule has 0 radical (unpaired) electrons. The van der Waals surface area contributed by atoms with Crippen LogP contribution in [0.3, 0.4) is 0 Å². The van der Waals surface area contributed by atoms with E-state index in [0.717, 1.165) is 0 Å². The molecule has 0 saturated heterocycles. The van der Waals surface area contributed by atoms with Crippen LogP contribution in [0.25, 0.3) is 5.82 Å². The number of nitrogens with one attached hydrogen (secondary N) is 1. The molecule has 1 aromatic carbocycles. The Labute approximate surface area is 160 Å². The smallest absolute Gasteiger partial charge is 0.266 e. The summed E-state index contributed by atoms with van der Waals surface area (Å²) in [6, 6.07) is 7.36. The van der Waals surface area contributed by atoms with Crippen LogP contribution in [-0.4, -0.2) is 47.5 Å². The largest absolute Gasteiger partial charge is 0.486 e. The van der Waals surface area contributed by atoms with Crippen molar-refractivity contribution in [3.8, 4) is 17.3 Å². The maximum Gasteiger partial charge on any atom is 0.266 e. The summed E-state index contributed by atoms with van der Waals surface area (Å²) >= 11 is 0. The molecule has 4 rings (SSSR count). The van der Waals surface area contributed by atoms with Gasteiger partial charge in [0, 0.05) is 31.1 Å². The number of imidazole rings is 1. The van der Waals surface area contributed by atoms with Gasteiger partial charge in [-0.1, -0.05) is 0 Å². The maximum absolute atomic E-state index is 12.5. The van der Waals surface area contributed by atoms with Crippen LogP contribution < -0.4 is 19.8 Å². The third-order valence-electron chi connectivity index (χ3n) is 4.06. The van der Waals surface area contributed by atoms with Gasteiger partial charge in [-0.05, 0) is 18.2 Å². The lowest BCUT2D eigenvalue weighted by molar-refractivity contribution is 0.171. The van der Waals surface area contributed by atoms with Crippen molar-refractivity contribution in [2.24, 2.45) is 0 Å². The first-order valence-corrected chi connectivity index (χ1v) is 9.97. The molecule has 10 nitrogen and oxygen atoms in total. The number of rotatable bonds is 6. The Morgan fingerprint density at radius 3 is 2.71 bits per heavy atom. The number of benzene rings is 1. The fourth-order valence-electron chi connectivity index (χ4n) is 2.69. The Morgan fingerprint density at radius 2 is 1.93 bits per heavy atom. The molecule has 3 aromatic rings. The van der Waals surface area contributed by atoms with Crippen molar-refractivity contribution in [1.29, 1.82) is 0 Å². The molecule has 1 aliphatic rings. The summed E-state index contributed by atoms with van der Waals surface area (Å²) in [6.45, 7) is 0.866. The highest BCUT2D eigenvalue weighted by Crippen LogP contribution is 2.32. The zero-order valence-electron chi connectivity index (χ0n) is 14.7. The fourth-order valence-corrected chi connectivity index (χ4v) is 3.73. The molecule has 28 heavy (non-hydrogen) atoms. The van der Waals surface area contributed by atoms with Crippen molar-refractivity contribution in [3.05, 3.63) is 59.4 Å². The van der Waals surface area contributed by atoms with Gasteiger partial charge < -0.3 is 9.47 Å². The van der Waals surface area contributed by atoms with E-state index in [1.54, 1.807) is 35.4 Å². The molecular formula is C17H17N5O5S. The molecule has 0 saturated carbocycles. The Hall–Kier alpha value is -3.18. The Bertz CT molecular complexity index is 1140. The summed E-state index contributed by atoms with van der Waals surface area (Å²) in [6.07, 6.45) is 4.85. The lowest BCUT2D eigenvalue weighted by atomic mass is 10.3. The molecule has 0 aliphatic carbocycles. The minimum Gasteiger partial charge on any atom is -0.486 e. The summed E-state index contributed by atoms with van der Waals surface area (Å²) in [5.74, 6) is 1.41. The molecule has 2 aromatic heterocycles. The second-order valence-electron chi connectivity index (χ2n) is 5.93. The van der Waals surface area contributed by atoms with Crippen molar-refractivity contribution >= 4 is 10.0 Å². The average molecular weight is 403 g/mol. The van der Waals surface area contributed by atoms with Crippen molar-refractivity contribution in [2.75, 3.05) is 19.8 Å². The number of hydrogen-bond acceptors (Lipinski definition) is 7. The van der Waals surface area contributed by atoms with Gasteiger partial charge in [-0.15, -0.1) is 0 Å². The molecular weight excluding hydrogens is 386 g/mol. The number of sulfonamides is 1. The molecule has 146 valence electrons. The van der Waals surface area contributed by atoms with Gasteiger partial charge in [0.05, 0.1) is 11.4 Å². The van der Waals surface area contributed by atoms with E-state index in [9.17, 15) is 13.2 Å². The lowest BCUT2D eigenvalue weighted by Crippen LogP contribution is -2.32. The first-order valence-electron chi connectivity index (χ1n) is 8.49. The fraction of sp³-hybridized carbons (Fsp3) is 0.235. The highest BCUT2D eigenvalue weighted by Gasteiger charge is 2.19. The van der Waals surface area contributed by atoms with Crippen molar-refractivity contribution in [3.63, 3.8) is 0 Å². The van der Waals surface area contributed by atoms with Crippen LogP contribution in [0.15, 0.2) is 58.7 Å². The number of nitrogens with zero attached hydrogens (tertiary/aromatic N) is 4. The predicted octanol–water partition coefficient (Wildman–Crippen LogP) is 0.179. The lowest BCUT2D eigenvalue weighted by Gasteiger charge is -2.19. The van der Waals surface area contributed by atoms with Crippen LogP contribution in [0.4, 0.5) is 0 Å². The van der Waals surface area contributed by atoms with Crippen molar-refractivity contribution in [1.82, 2.24) is 24.1 Å². The van der Waals surface area contributed by atoms with E-state index < -0.39 is 10.0 Å². The van der Waals surface area contributed by atoms with Crippen LogP contribution in [0.5, 0.6) is 11.5 Å². The Balaban J connectivity index is 1.46. The number of hydrogen-bond donors (Lipinski definition) is 1. The molecule has 0 fully saturated rings. The van der Waals surface area contributed by atoms with Gasteiger partial charge in [0.15, 0.2) is 17.3 Å². The van der Waals surface area contributed by atoms with E-state index in [-0.39, 0.29) is 23.5 Å². The minimum atomic E-state index is -3.77. The van der Waals surface area contributed by atoms with E-state index in [4.69, 9.17) is 9.47 Å². The average Bonchev–Trinajstić information content (AvgIpc) is 3.24. The monoisotopic (exact) mass is 403 g/mol. The van der Waals surface area contributed by atoms with E-state index in [1.807, 2.05) is 0 Å². The highest BCUT2D eigenvalue weighted by molar-refractivity contribution is 7.89. The van der Waals surface area contributed by atoms with Crippen LogP contribution >= 0.6 is 0 Å². The van der Waals surface area contributed by atoms with Gasteiger partial charge in [-0.25, -0.2) is 22.8 Å². The quantitative estimate of drug-likeness (QED) is 0.624. The highest BCUT2D eigenvalue weighted by atomic mass is 32.2. The van der Waals surface area contributed by atoms with Crippen LogP contribution in [-0.2, 0) is 16.6 Å². The standard InChI is InChI=1S/C17H17N5O5S/c23-17-4-3-16(21-7-5-18-12-21)20-22(17)8-6-19-28(24,25)13-1-2-14-15(11-13)27-10-9-26-14/h1-5,7,11-12,19H,6,8-10H2. The van der Waals surface area contributed by atoms with Gasteiger partial charge >= 0.3 is 0 Å². The number of aromatic nitrogens is 4. The van der Waals surface area contributed by atoms with Gasteiger partial charge in [0.25, 0.3) is 5.56 Å². The second kappa shape index (κ2) is 7.44. The first-order chi connectivity index (χ1) is 13.5. The molecule has 0 amide bonds. The van der Waals surface area contributed by atoms with Crippen LogP contribution in [0.2, 0.25) is 0 Å². The summed E-state index contributed by atoms with van der Waals surface area (Å²) in [4.78, 5) is 16.0. The molecule has 1 N–H and O–H groups in total. The molecule has 0 bridgehead atoms. The zero-order chi connectivity index (χ0) is 19.6. The third kappa shape index (κ3) is 3.75. The SMILES string of the molecule is O=c1ccc(-n2ccnc2)nn1CCNS(=O)(=O)c1ccc2c(c1)OCCO2. The van der Waals surface area contributed by atoms with Gasteiger partial charge in [-0.3, -0.25) is 9.36 Å². The third-order valence-corrected chi connectivity index (χ3v) is 5.52. The maximum atomic E-state index is 12.5. The summed E-state index contributed by atoms with van der Waals surface area (Å²) < 4.78 is 41.2. The Morgan fingerprint density at radius 1 is 1.11 bits per heavy atom. The van der Waals surface area contributed by atoms with Crippen LogP contribution in [0.1, 0.15) is 0 Å². The van der Waals surface area contributed by atoms with E-state index >= 15 is 0 Å². The summed E-state index contributed by atoms with van der Waals surface area (Å²) in [5, 5.41) is 4.22. The van der Waals surface area contributed by atoms with Gasteiger partial charge in [-0.2, -0.15) is 5.10 Å². The Kier molecular flexibility index (Phi) is 4.84. The zero-order valence-corrected chi connectivity index (χ0v) is 15.5. The van der Waals surface area contributed by atoms with Gasteiger partial charge in [0.1, 0.15) is 19.5 Å². The molecule has 11 heteroatoms. The molecule has 3 heterocycles. The molecule has 0 unspecified atom stereocenters. The number of ether oxygens (including phenoxy) is 2. The van der Waals surface area contributed by atoms with E-state index in [2.05, 4.69) is 14.8 Å². The van der Waals surface area contributed by atoms with Crippen molar-refractivity contribution < 1.29 is 17.9 Å². The summed E-state index contributed by atoms with van der Waals surface area (Å²) in [7, 11) is -3.77. The van der Waals surface area contributed by atoms with E-state index in [1.165, 1.54) is 22.9 Å². The molecule has 0 spiro atoms. The number of fused-ring (bicyclic) bond motifs is 1. The van der Waals surface area contributed by atoms with E-state index in [0.29, 0.717) is 30.5 Å². The van der Waals surface area contributed by atoms with Crippen molar-refractivity contribution in [2.45, 2.75) is 11.4 Å². The molecule has 1 aliphatic heterocycles. The molecule has 0 atom stereocenters. The predicted molar refractivity (Wildman–Crippen MR) is 98.2 cm³/mol. The van der Waals surface area contributed by atoms with Gasteiger partial charge in [0.2, 0.25) is 10.0 Å².